The molecule has 0 aliphatic heterocycles. The molecule has 0 radical (unpaired) electrons. The van der Waals surface area contributed by atoms with Crippen LogP contribution in [0.1, 0.15) is 0 Å². The van der Waals surface area contributed by atoms with Gasteiger partial charge in [0.2, 0.25) is 0 Å². The van der Waals surface area contributed by atoms with Crippen molar-refractivity contribution in [3.63, 3.8) is 0 Å². The maximum Gasteiger partial charge on any atom is 0.170 e. The summed E-state index contributed by atoms with van der Waals surface area (Å²) >= 11 is 4.75. The number of hydrogen-bond acceptors (Lipinski definition) is 1. The van der Waals surface area contributed by atoms with Crippen LogP contribution in [0.15, 0.2) is 18.2 Å². The fraction of sp³-hybridized carbons (Fsp3) is 0.125. The maximum atomic E-state index is 13.0. The van der Waals surface area contributed by atoms with Gasteiger partial charge >= 0.3 is 0 Å². The van der Waals surface area contributed by atoms with Crippen molar-refractivity contribution in [2.24, 2.45) is 0 Å². The van der Waals surface area contributed by atoms with Crippen molar-refractivity contribution >= 4 is 23.0 Å². The fourth-order valence-corrected chi connectivity index (χ4v) is 0.886. The zero-order valence-electron chi connectivity index (χ0n) is 6.90. The molecule has 5 heteroatoms. The SMILES string of the molecule is CNC(=S)Nc1ccc(F)cc1F. The van der Waals surface area contributed by atoms with Crippen molar-refractivity contribution in [2.75, 3.05) is 12.4 Å². The summed E-state index contributed by atoms with van der Waals surface area (Å²) in [6.07, 6.45) is 0. The summed E-state index contributed by atoms with van der Waals surface area (Å²) in [7, 11) is 1.61. The summed E-state index contributed by atoms with van der Waals surface area (Å²) in [5.74, 6) is -1.28. The first-order chi connectivity index (χ1) is 6.13. The average molecular weight is 202 g/mol. The van der Waals surface area contributed by atoms with Gasteiger partial charge in [-0.05, 0) is 24.4 Å². The molecule has 0 saturated carbocycles. The highest BCUT2D eigenvalue weighted by atomic mass is 32.1. The molecule has 0 bridgehead atoms. The molecule has 0 unspecified atom stereocenters. The van der Waals surface area contributed by atoms with Gasteiger partial charge in [-0.25, -0.2) is 8.78 Å². The van der Waals surface area contributed by atoms with Gasteiger partial charge in [0.1, 0.15) is 11.6 Å². The Morgan fingerprint density at radius 2 is 2.08 bits per heavy atom. The molecule has 1 aromatic carbocycles. The van der Waals surface area contributed by atoms with Crippen LogP contribution < -0.4 is 10.6 Å². The van der Waals surface area contributed by atoms with Crippen LogP contribution >= 0.6 is 12.2 Å². The van der Waals surface area contributed by atoms with Crippen molar-refractivity contribution in [3.8, 4) is 0 Å². The topological polar surface area (TPSA) is 24.1 Å². The molecule has 0 aliphatic rings. The zero-order valence-corrected chi connectivity index (χ0v) is 7.71. The second kappa shape index (κ2) is 4.13. The van der Waals surface area contributed by atoms with Gasteiger partial charge in [0.05, 0.1) is 5.69 Å². The molecule has 0 saturated heterocycles. The third-order valence-electron chi connectivity index (χ3n) is 1.41. The molecular weight excluding hydrogens is 194 g/mol. The van der Waals surface area contributed by atoms with Gasteiger partial charge in [-0.2, -0.15) is 0 Å². The summed E-state index contributed by atoms with van der Waals surface area (Å²) in [4.78, 5) is 0. The molecule has 2 nitrogen and oxygen atoms in total. The number of anilines is 1. The van der Waals surface area contributed by atoms with Crippen molar-refractivity contribution in [1.29, 1.82) is 0 Å². The van der Waals surface area contributed by atoms with Crippen LogP contribution in [-0.2, 0) is 0 Å². The molecule has 0 atom stereocenters. The number of benzene rings is 1. The third-order valence-corrected chi connectivity index (χ3v) is 1.71. The molecule has 0 aliphatic carbocycles. The summed E-state index contributed by atoms with van der Waals surface area (Å²) < 4.78 is 25.4. The zero-order chi connectivity index (χ0) is 9.84. The molecular formula is C8H8F2N2S. The van der Waals surface area contributed by atoms with E-state index in [-0.39, 0.29) is 10.8 Å². The lowest BCUT2D eigenvalue weighted by atomic mass is 10.3. The van der Waals surface area contributed by atoms with E-state index < -0.39 is 11.6 Å². The number of rotatable bonds is 1. The molecule has 70 valence electrons. The van der Waals surface area contributed by atoms with Gasteiger partial charge in [0.15, 0.2) is 5.11 Å². The van der Waals surface area contributed by atoms with E-state index in [2.05, 4.69) is 10.6 Å². The van der Waals surface area contributed by atoms with Crippen molar-refractivity contribution in [1.82, 2.24) is 5.32 Å². The second-order valence-corrected chi connectivity index (χ2v) is 2.74. The minimum atomic E-state index is -0.669. The molecule has 13 heavy (non-hydrogen) atoms. The van der Waals surface area contributed by atoms with Crippen LogP contribution in [0.4, 0.5) is 14.5 Å². The minimum absolute atomic E-state index is 0.153. The predicted octanol–water partition coefficient (Wildman–Crippen LogP) is 1.88. The van der Waals surface area contributed by atoms with Crippen LogP contribution in [0.2, 0.25) is 0 Å². The molecule has 1 rings (SSSR count). The van der Waals surface area contributed by atoms with E-state index >= 15 is 0 Å². The van der Waals surface area contributed by atoms with Crippen LogP contribution in [0.5, 0.6) is 0 Å². The Bertz CT molecular complexity index is 328. The smallest absolute Gasteiger partial charge is 0.170 e. The number of halogens is 2. The van der Waals surface area contributed by atoms with Gasteiger partial charge < -0.3 is 10.6 Å². The highest BCUT2D eigenvalue weighted by Gasteiger charge is 2.03. The number of nitrogens with one attached hydrogen (secondary N) is 2. The van der Waals surface area contributed by atoms with Gasteiger partial charge in [0, 0.05) is 13.1 Å². The first-order valence-corrected chi connectivity index (χ1v) is 3.98. The van der Waals surface area contributed by atoms with Gasteiger partial charge in [0.25, 0.3) is 0 Å². The Morgan fingerprint density at radius 3 is 2.62 bits per heavy atom. The lowest BCUT2D eigenvalue weighted by molar-refractivity contribution is 0.586. The maximum absolute atomic E-state index is 13.0. The van der Waals surface area contributed by atoms with Crippen molar-refractivity contribution in [3.05, 3.63) is 29.8 Å². The van der Waals surface area contributed by atoms with E-state index in [1.807, 2.05) is 0 Å². The molecule has 1 aromatic rings. The van der Waals surface area contributed by atoms with Crippen molar-refractivity contribution in [2.45, 2.75) is 0 Å². The highest BCUT2D eigenvalue weighted by molar-refractivity contribution is 7.80. The quantitative estimate of drug-likeness (QED) is 0.680. The summed E-state index contributed by atoms with van der Waals surface area (Å²) in [6, 6.07) is 3.23. The van der Waals surface area contributed by atoms with Crippen molar-refractivity contribution < 1.29 is 8.78 Å². The lowest BCUT2D eigenvalue weighted by Crippen LogP contribution is -2.24. The minimum Gasteiger partial charge on any atom is -0.366 e. The molecule has 0 aromatic heterocycles. The Balaban J connectivity index is 2.83. The number of thiocarbonyl (C=S) groups is 1. The van der Waals surface area contributed by atoms with Crippen LogP contribution in [-0.4, -0.2) is 12.2 Å². The normalized spacial score (nSPS) is 9.46. The van der Waals surface area contributed by atoms with Crippen LogP contribution in [0, 0.1) is 11.6 Å². The highest BCUT2D eigenvalue weighted by Crippen LogP contribution is 2.14. The Hall–Kier alpha value is -1.23. The largest absolute Gasteiger partial charge is 0.366 e. The lowest BCUT2D eigenvalue weighted by Gasteiger charge is -2.07. The van der Waals surface area contributed by atoms with Gasteiger partial charge in [-0.1, -0.05) is 0 Å². The molecule has 2 N–H and O–H groups in total. The Kier molecular flexibility index (Phi) is 3.13. The van der Waals surface area contributed by atoms with E-state index in [1.165, 1.54) is 6.07 Å². The summed E-state index contributed by atoms with van der Waals surface area (Å²) in [5.41, 5.74) is 0.153. The fourth-order valence-electron chi connectivity index (χ4n) is 0.776. The van der Waals surface area contributed by atoms with Crippen LogP contribution in [0.25, 0.3) is 0 Å². The van der Waals surface area contributed by atoms with E-state index in [0.29, 0.717) is 0 Å². The standard InChI is InChI=1S/C8H8F2N2S/c1-11-8(13)12-7-3-2-5(9)4-6(7)10/h2-4H,1H3,(H2,11,12,13). The van der Waals surface area contributed by atoms with E-state index in [1.54, 1.807) is 7.05 Å². The Morgan fingerprint density at radius 1 is 1.38 bits per heavy atom. The molecule has 0 amide bonds. The monoisotopic (exact) mass is 202 g/mol. The van der Waals surface area contributed by atoms with Gasteiger partial charge in [-0.3, -0.25) is 0 Å². The van der Waals surface area contributed by atoms with E-state index in [0.717, 1.165) is 12.1 Å². The van der Waals surface area contributed by atoms with E-state index in [9.17, 15) is 8.78 Å². The van der Waals surface area contributed by atoms with Gasteiger partial charge in [-0.15, -0.1) is 0 Å². The second-order valence-electron chi connectivity index (χ2n) is 2.33. The number of hydrogen-bond donors (Lipinski definition) is 2. The molecule has 0 heterocycles. The summed E-state index contributed by atoms with van der Waals surface area (Å²) in [6.45, 7) is 0. The first-order valence-electron chi connectivity index (χ1n) is 3.57. The third kappa shape index (κ3) is 2.62. The molecule has 0 fully saturated rings. The van der Waals surface area contributed by atoms with Crippen LogP contribution in [0.3, 0.4) is 0 Å². The predicted molar refractivity (Wildman–Crippen MR) is 51.6 cm³/mol. The summed E-state index contributed by atoms with van der Waals surface area (Å²) in [5, 5.41) is 5.46. The van der Waals surface area contributed by atoms with E-state index in [4.69, 9.17) is 12.2 Å². The first kappa shape index (κ1) is 9.85. The molecule has 0 spiro atoms. The average Bonchev–Trinajstić information content (AvgIpc) is 2.09. The Labute approximate surface area is 80.0 Å².